The topological polar surface area (TPSA) is 75.0 Å². The predicted octanol–water partition coefficient (Wildman–Crippen LogP) is 1.82. The van der Waals surface area contributed by atoms with Crippen molar-refractivity contribution >= 4 is 16.9 Å². The molecule has 2 amide bonds. The van der Waals surface area contributed by atoms with Crippen molar-refractivity contribution in [1.82, 2.24) is 15.1 Å². The van der Waals surface area contributed by atoms with Crippen LogP contribution in [0.25, 0.3) is 10.9 Å². The number of hydrogen-bond acceptors (Lipinski definition) is 2. The molecule has 18 heavy (non-hydrogen) atoms. The highest BCUT2D eigenvalue weighted by Crippen LogP contribution is 2.31. The van der Waals surface area contributed by atoms with Crippen molar-refractivity contribution in [1.29, 1.82) is 0 Å². The zero-order valence-corrected chi connectivity index (χ0v) is 10.1. The Labute approximate surface area is 105 Å². The van der Waals surface area contributed by atoms with Gasteiger partial charge in [0, 0.05) is 30.1 Å². The number of para-hydroxylation sites is 1. The van der Waals surface area contributed by atoms with Crippen LogP contribution in [-0.4, -0.2) is 34.2 Å². The summed E-state index contributed by atoms with van der Waals surface area (Å²) >= 11 is 0. The molecule has 3 rings (SSSR count). The number of urea groups is 1. The first kappa shape index (κ1) is 11.1. The average molecular weight is 244 g/mol. The summed E-state index contributed by atoms with van der Waals surface area (Å²) in [4.78, 5) is 12.8. The van der Waals surface area contributed by atoms with Crippen molar-refractivity contribution in [2.75, 3.05) is 13.1 Å². The molecule has 5 heteroatoms. The molecule has 0 atom stereocenters. The van der Waals surface area contributed by atoms with Crippen LogP contribution in [0.2, 0.25) is 0 Å². The van der Waals surface area contributed by atoms with Crippen molar-refractivity contribution in [3.05, 3.63) is 30.0 Å². The highest BCUT2D eigenvalue weighted by molar-refractivity contribution is 5.81. The maximum absolute atomic E-state index is 11.1. The van der Waals surface area contributed by atoms with Crippen LogP contribution in [0.4, 0.5) is 4.79 Å². The Bertz CT molecular complexity index is 569. The summed E-state index contributed by atoms with van der Waals surface area (Å²) in [6.07, 6.45) is 1.88. The zero-order valence-electron chi connectivity index (χ0n) is 10.1. The average Bonchev–Trinajstić information content (AvgIpc) is 2.82. The van der Waals surface area contributed by atoms with Gasteiger partial charge in [0.05, 0.1) is 5.52 Å². The summed E-state index contributed by atoms with van der Waals surface area (Å²) in [6.45, 7) is 1.46. The molecule has 0 bridgehead atoms. The minimum absolute atomic E-state index is 0.317. The highest BCUT2D eigenvalue weighted by Gasteiger charge is 2.24. The maximum Gasteiger partial charge on any atom is 0.314 e. The molecule has 0 saturated carbocycles. The van der Waals surface area contributed by atoms with Crippen molar-refractivity contribution in [3.63, 3.8) is 0 Å². The number of primary amides is 1. The Hall–Kier alpha value is -2.04. The smallest absolute Gasteiger partial charge is 0.314 e. The molecule has 1 aliphatic heterocycles. The largest absolute Gasteiger partial charge is 0.351 e. The predicted molar refractivity (Wildman–Crippen MR) is 69.2 cm³/mol. The van der Waals surface area contributed by atoms with Crippen LogP contribution in [0, 0.1) is 0 Å². The molecule has 1 aliphatic rings. The van der Waals surface area contributed by atoms with Crippen LogP contribution in [0.5, 0.6) is 0 Å². The number of carbonyl (C=O) groups is 1. The molecule has 0 spiro atoms. The van der Waals surface area contributed by atoms with Gasteiger partial charge in [0.2, 0.25) is 0 Å². The zero-order chi connectivity index (χ0) is 12.5. The lowest BCUT2D eigenvalue weighted by Gasteiger charge is -2.30. The fourth-order valence-corrected chi connectivity index (χ4v) is 2.68. The molecule has 94 valence electrons. The fourth-order valence-electron chi connectivity index (χ4n) is 2.68. The lowest BCUT2D eigenvalue weighted by atomic mass is 9.92. The Morgan fingerprint density at radius 1 is 1.33 bits per heavy atom. The monoisotopic (exact) mass is 244 g/mol. The van der Waals surface area contributed by atoms with Crippen LogP contribution in [0.15, 0.2) is 24.3 Å². The summed E-state index contributed by atoms with van der Waals surface area (Å²) < 4.78 is 0. The Balaban J connectivity index is 1.82. The third-order valence-electron chi connectivity index (χ3n) is 3.71. The molecule has 1 aromatic heterocycles. The van der Waals surface area contributed by atoms with E-state index in [4.69, 9.17) is 5.73 Å². The number of amides is 2. The van der Waals surface area contributed by atoms with Gasteiger partial charge >= 0.3 is 6.03 Å². The number of aromatic nitrogens is 2. The number of benzene rings is 1. The number of likely N-dealkylation sites (tertiary alicyclic amines) is 1. The molecule has 0 radical (unpaired) electrons. The lowest BCUT2D eigenvalue weighted by molar-refractivity contribution is 0.190. The number of H-pyrrole nitrogens is 1. The summed E-state index contributed by atoms with van der Waals surface area (Å²) in [7, 11) is 0. The van der Waals surface area contributed by atoms with E-state index in [9.17, 15) is 4.79 Å². The van der Waals surface area contributed by atoms with Gasteiger partial charge in [-0.3, -0.25) is 5.10 Å². The molecule has 2 aromatic rings. The molecule has 1 fully saturated rings. The normalized spacial score (nSPS) is 17.2. The number of aromatic amines is 1. The number of piperidine rings is 1. The quantitative estimate of drug-likeness (QED) is 0.803. The summed E-state index contributed by atoms with van der Waals surface area (Å²) in [5.41, 5.74) is 7.48. The van der Waals surface area contributed by atoms with E-state index in [1.165, 1.54) is 11.1 Å². The number of rotatable bonds is 1. The second kappa shape index (κ2) is 4.33. The summed E-state index contributed by atoms with van der Waals surface area (Å²) in [5, 5.41) is 8.65. The van der Waals surface area contributed by atoms with E-state index in [0.717, 1.165) is 31.4 Å². The molecule has 0 aliphatic carbocycles. The third kappa shape index (κ3) is 1.81. The molecule has 1 saturated heterocycles. The summed E-state index contributed by atoms with van der Waals surface area (Å²) in [6, 6.07) is 7.80. The van der Waals surface area contributed by atoms with Crippen molar-refractivity contribution < 1.29 is 4.79 Å². The Morgan fingerprint density at radius 3 is 2.78 bits per heavy atom. The van der Waals surface area contributed by atoms with Crippen LogP contribution < -0.4 is 5.73 Å². The molecule has 1 aromatic carbocycles. The first-order chi connectivity index (χ1) is 8.75. The molecule has 3 N–H and O–H groups in total. The SMILES string of the molecule is NC(=O)N1CCC(c2[nH]nc3ccccc23)CC1. The highest BCUT2D eigenvalue weighted by atomic mass is 16.2. The van der Waals surface area contributed by atoms with Crippen molar-refractivity contribution in [3.8, 4) is 0 Å². The van der Waals surface area contributed by atoms with E-state index < -0.39 is 0 Å². The van der Waals surface area contributed by atoms with Gasteiger partial charge in [-0.25, -0.2) is 4.79 Å². The second-order valence-corrected chi connectivity index (χ2v) is 4.75. The van der Waals surface area contributed by atoms with Gasteiger partial charge in [-0.05, 0) is 18.9 Å². The van der Waals surface area contributed by atoms with Crippen LogP contribution in [0.3, 0.4) is 0 Å². The maximum atomic E-state index is 11.1. The van der Waals surface area contributed by atoms with Gasteiger partial charge in [0.15, 0.2) is 0 Å². The number of nitrogens with one attached hydrogen (secondary N) is 1. The second-order valence-electron chi connectivity index (χ2n) is 4.75. The van der Waals surface area contributed by atoms with Gasteiger partial charge in [0.1, 0.15) is 0 Å². The van der Waals surface area contributed by atoms with E-state index in [1.807, 2.05) is 18.2 Å². The molecule has 0 unspecified atom stereocenters. The number of nitrogens with two attached hydrogens (primary N) is 1. The van der Waals surface area contributed by atoms with Gasteiger partial charge < -0.3 is 10.6 Å². The summed E-state index contributed by atoms with van der Waals surface area (Å²) in [5.74, 6) is 0.438. The van der Waals surface area contributed by atoms with E-state index in [-0.39, 0.29) is 6.03 Å². The van der Waals surface area contributed by atoms with E-state index >= 15 is 0 Å². The number of nitrogens with zero attached hydrogens (tertiary/aromatic N) is 2. The van der Waals surface area contributed by atoms with Crippen LogP contribution >= 0.6 is 0 Å². The minimum Gasteiger partial charge on any atom is -0.351 e. The van der Waals surface area contributed by atoms with Gasteiger partial charge in [-0.15, -0.1) is 0 Å². The van der Waals surface area contributed by atoms with E-state index in [2.05, 4.69) is 16.3 Å². The van der Waals surface area contributed by atoms with Crippen molar-refractivity contribution in [2.45, 2.75) is 18.8 Å². The fraction of sp³-hybridized carbons (Fsp3) is 0.385. The van der Waals surface area contributed by atoms with E-state index in [0.29, 0.717) is 5.92 Å². The minimum atomic E-state index is -0.317. The number of carbonyl (C=O) groups excluding carboxylic acids is 1. The Morgan fingerprint density at radius 2 is 2.06 bits per heavy atom. The number of hydrogen-bond donors (Lipinski definition) is 2. The van der Waals surface area contributed by atoms with Gasteiger partial charge in [0.25, 0.3) is 0 Å². The molecule has 2 heterocycles. The third-order valence-corrected chi connectivity index (χ3v) is 3.71. The molecule has 5 nitrogen and oxygen atoms in total. The van der Waals surface area contributed by atoms with Gasteiger partial charge in [-0.2, -0.15) is 5.10 Å². The Kier molecular flexibility index (Phi) is 2.66. The van der Waals surface area contributed by atoms with Gasteiger partial charge in [-0.1, -0.05) is 18.2 Å². The van der Waals surface area contributed by atoms with E-state index in [1.54, 1.807) is 4.90 Å². The lowest BCUT2D eigenvalue weighted by Crippen LogP contribution is -2.41. The molecular weight excluding hydrogens is 228 g/mol. The van der Waals surface area contributed by atoms with Crippen LogP contribution in [0.1, 0.15) is 24.5 Å². The number of fused-ring (bicyclic) bond motifs is 1. The standard InChI is InChI=1S/C13H16N4O/c14-13(18)17-7-5-9(6-8-17)12-10-3-1-2-4-11(10)15-16-12/h1-4,9H,5-8H2,(H2,14,18)(H,15,16). The first-order valence-electron chi connectivity index (χ1n) is 6.23. The first-order valence-corrected chi connectivity index (χ1v) is 6.23. The van der Waals surface area contributed by atoms with Crippen LogP contribution in [-0.2, 0) is 0 Å². The van der Waals surface area contributed by atoms with Crippen molar-refractivity contribution in [2.24, 2.45) is 5.73 Å². The molecular formula is C13H16N4O.